The van der Waals surface area contributed by atoms with Crippen LogP contribution in [0.15, 0.2) is 11.6 Å². The van der Waals surface area contributed by atoms with E-state index in [9.17, 15) is 19.8 Å². The highest BCUT2D eigenvalue weighted by Gasteiger charge is 2.67. The van der Waals surface area contributed by atoms with Crippen molar-refractivity contribution in [3.8, 4) is 0 Å². The van der Waals surface area contributed by atoms with Gasteiger partial charge in [-0.1, -0.05) is 13.8 Å². The molecule has 4 aliphatic carbocycles. The first kappa shape index (κ1) is 29.5. The Labute approximate surface area is 243 Å². The van der Waals surface area contributed by atoms with Crippen molar-refractivity contribution in [2.24, 2.45) is 34.5 Å². The van der Waals surface area contributed by atoms with Crippen molar-refractivity contribution in [1.82, 2.24) is 0 Å². The van der Waals surface area contributed by atoms with Gasteiger partial charge in [-0.15, -0.1) is 0 Å². The van der Waals surface area contributed by atoms with E-state index in [1.54, 1.807) is 6.08 Å². The van der Waals surface area contributed by atoms with E-state index >= 15 is 0 Å². The molecule has 0 spiro atoms. The molecule has 0 radical (unpaired) electrons. The highest BCUT2D eigenvalue weighted by molar-refractivity contribution is 5.85. The lowest BCUT2D eigenvalue weighted by atomic mass is 9.43. The van der Waals surface area contributed by atoms with Crippen LogP contribution in [0.25, 0.3) is 0 Å². The summed E-state index contributed by atoms with van der Waals surface area (Å²) >= 11 is 0. The van der Waals surface area contributed by atoms with Gasteiger partial charge in [0.1, 0.15) is 18.8 Å². The smallest absolute Gasteiger partial charge is 0.331 e. The third-order valence-corrected chi connectivity index (χ3v) is 12.6. The second-order valence-electron chi connectivity index (χ2n) is 14.3. The summed E-state index contributed by atoms with van der Waals surface area (Å²) in [5.74, 6) is 0.697. The number of carbonyl (C=O) groups excluding carboxylic acids is 2. The molecule has 2 aliphatic heterocycles. The molecule has 0 bridgehead atoms. The Morgan fingerprint density at radius 1 is 1.05 bits per heavy atom. The molecule has 2 N–H and O–H groups in total. The molecule has 5 fully saturated rings. The Balaban J connectivity index is 1.13. The standard InChI is InChI=1S/C32H48O9/c1-17-27(40-18(2)33)28(37-5)26(35)29(39-17)41-21-8-11-30(3)20(15-21)6-7-24-23(30)9-12-31(4)22(10-13-32(24,31)36)19-14-25(34)38-16-19/h14,17,20-24,26-29,35-36H,6-13,15-16H2,1-5H3/t17-,20-,21+,22?,23?,24-,26-,27+,28+,29+,30+,31-,32+/m1/s1. The van der Waals surface area contributed by atoms with Gasteiger partial charge in [-0.3, -0.25) is 4.79 Å². The van der Waals surface area contributed by atoms with Gasteiger partial charge in [0.15, 0.2) is 12.4 Å². The molecule has 9 nitrogen and oxygen atoms in total. The lowest BCUT2D eigenvalue weighted by molar-refractivity contribution is -0.314. The van der Waals surface area contributed by atoms with Crippen molar-refractivity contribution in [1.29, 1.82) is 0 Å². The summed E-state index contributed by atoms with van der Waals surface area (Å²) in [7, 11) is 1.50. The summed E-state index contributed by atoms with van der Waals surface area (Å²) in [6.45, 7) is 8.22. The lowest BCUT2D eigenvalue weighted by Gasteiger charge is -2.64. The van der Waals surface area contributed by atoms with Gasteiger partial charge in [-0.05, 0) is 99.4 Å². The molecule has 9 heteroatoms. The van der Waals surface area contributed by atoms with Gasteiger partial charge in [-0.25, -0.2) is 4.79 Å². The molecule has 2 heterocycles. The van der Waals surface area contributed by atoms with Crippen molar-refractivity contribution < 1.29 is 43.5 Å². The number of cyclic esters (lactones) is 1. The molecule has 0 amide bonds. The van der Waals surface area contributed by atoms with Crippen molar-refractivity contribution in [3.05, 3.63) is 11.6 Å². The van der Waals surface area contributed by atoms with E-state index in [-0.39, 0.29) is 34.7 Å². The number of aliphatic hydroxyl groups is 2. The van der Waals surface area contributed by atoms with Crippen molar-refractivity contribution in [3.63, 3.8) is 0 Å². The SMILES string of the molecule is CO[C@H]1[C@@H](O)[C@H](O[C@H]2CC[C@]3(C)C4CC[C@]5(C)C(C6=CC(=O)OC6)CC[C@]5(O)[C@@H]4CC[C@@H]3C2)O[C@H](C)[C@@H]1OC(C)=O. The summed E-state index contributed by atoms with van der Waals surface area (Å²) in [4.78, 5) is 23.4. The second-order valence-corrected chi connectivity index (χ2v) is 14.3. The van der Waals surface area contributed by atoms with E-state index in [0.29, 0.717) is 18.4 Å². The van der Waals surface area contributed by atoms with Crippen molar-refractivity contribution in [2.75, 3.05) is 13.7 Å². The minimum absolute atomic E-state index is 0.0427. The molecule has 0 aromatic rings. The summed E-state index contributed by atoms with van der Waals surface area (Å²) in [6, 6.07) is 0. The highest BCUT2D eigenvalue weighted by atomic mass is 16.7. The number of esters is 2. The number of hydrogen-bond donors (Lipinski definition) is 2. The molecule has 13 atom stereocenters. The number of ether oxygens (including phenoxy) is 5. The van der Waals surface area contributed by atoms with E-state index < -0.39 is 42.3 Å². The van der Waals surface area contributed by atoms with Crippen LogP contribution in [0.5, 0.6) is 0 Å². The van der Waals surface area contributed by atoms with Crippen molar-refractivity contribution >= 4 is 11.9 Å². The first-order valence-corrected chi connectivity index (χ1v) is 15.7. The maximum atomic E-state index is 12.4. The largest absolute Gasteiger partial charge is 0.458 e. The fourth-order valence-corrected chi connectivity index (χ4v) is 10.4. The van der Waals surface area contributed by atoms with Gasteiger partial charge in [0.05, 0.1) is 17.8 Å². The number of hydrogen-bond acceptors (Lipinski definition) is 9. The van der Waals surface area contributed by atoms with Gasteiger partial charge >= 0.3 is 11.9 Å². The lowest BCUT2D eigenvalue weighted by Crippen LogP contribution is -2.63. The predicted octanol–water partition coefficient (Wildman–Crippen LogP) is 3.68. The van der Waals surface area contributed by atoms with Crippen LogP contribution < -0.4 is 0 Å². The molecule has 4 saturated carbocycles. The average molecular weight is 577 g/mol. The van der Waals surface area contributed by atoms with Crippen LogP contribution in [0.3, 0.4) is 0 Å². The molecule has 6 aliphatic rings. The molecular weight excluding hydrogens is 528 g/mol. The molecule has 6 rings (SSSR count). The quantitative estimate of drug-likeness (QED) is 0.373. The minimum Gasteiger partial charge on any atom is -0.458 e. The summed E-state index contributed by atoms with van der Waals surface area (Å²) < 4.78 is 28.6. The zero-order valence-corrected chi connectivity index (χ0v) is 25.2. The monoisotopic (exact) mass is 576 g/mol. The molecular formula is C32H48O9. The van der Waals surface area contributed by atoms with Crippen LogP contribution in [0.2, 0.25) is 0 Å². The zero-order valence-electron chi connectivity index (χ0n) is 25.2. The van der Waals surface area contributed by atoms with Crippen LogP contribution >= 0.6 is 0 Å². The first-order valence-electron chi connectivity index (χ1n) is 15.7. The summed E-state index contributed by atoms with van der Waals surface area (Å²) in [6.07, 6.45) is 6.39. The van der Waals surface area contributed by atoms with E-state index in [1.807, 2.05) is 6.92 Å². The maximum Gasteiger partial charge on any atom is 0.331 e. The predicted molar refractivity (Wildman–Crippen MR) is 147 cm³/mol. The van der Waals surface area contributed by atoms with E-state index in [4.69, 9.17) is 23.7 Å². The molecule has 0 aromatic heterocycles. The van der Waals surface area contributed by atoms with Gasteiger partial charge in [0, 0.05) is 25.5 Å². The molecule has 41 heavy (non-hydrogen) atoms. The van der Waals surface area contributed by atoms with Crippen LogP contribution in [-0.2, 0) is 33.3 Å². The second kappa shape index (κ2) is 10.6. The zero-order chi connectivity index (χ0) is 29.3. The minimum atomic E-state index is -1.07. The third kappa shape index (κ3) is 4.60. The van der Waals surface area contributed by atoms with Gasteiger partial charge in [0.2, 0.25) is 0 Å². The fraction of sp³-hybridized carbons (Fsp3) is 0.875. The Hall–Kier alpha value is -1.52. The fourth-order valence-electron chi connectivity index (χ4n) is 10.4. The van der Waals surface area contributed by atoms with E-state index in [2.05, 4.69) is 13.8 Å². The Morgan fingerprint density at radius 2 is 1.83 bits per heavy atom. The topological polar surface area (TPSA) is 121 Å². The number of fused-ring (bicyclic) bond motifs is 5. The van der Waals surface area contributed by atoms with Crippen LogP contribution in [0, 0.1) is 34.5 Å². The van der Waals surface area contributed by atoms with E-state index in [1.165, 1.54) is 14.0 Å². The summed E-state index contributed by atoms with van der Waals surface area (Å²) in [5.41, 5.74) is 0.238. The normalized spacial score (nSPS) is 51.2. The third-order valence-electron chi connectivity index (χ3n) is 12.6. The maximum absolute atomic E-state index is 12.4. The van der Waals surface area contributed by atoms with Crippen molar-refractivity contribution in [2.45, 2.75) is 128 Å². The van der Waals surface area contributed by atoms with Crippen LogP contribution in [-0.4, -0.2) is 78.3 Å². The van der Waals surface area contributed by atoms with Gasteiger partial charge < -0.3 is 33.9 Å². The number of aliphatic hydroxyl groups excluding tert-OH is 1. The Morgan fingerprint density at radius 3 is 2.51 bits per heavy atom. The Kier molecular flexibility index (Phi) is 7.62. The van der Waals surface area contributed by atoms with Gasteiger partial charge in [0.25, 0.3) is 0 Å². The molecule has 2 unspecified atom stereocenters. The average Bonchev–Trinajstić information content (AvgIpc) is 3.46. The number of methoxy groups -OCH3 is 1. The first-order chi connectivity index (χ1) is 19.4. The van der Waals surface area contributed by atoms with Crippen LogP contribution in [0.4, 0.5) is 0 Å². The van der Waals surface area contributed by atoms with E-state index in [0.717, 1.165) is 63.4 Å². The number of carbonyl (C=O) groups is 2. The van der Waals surface area contributed by atoms with Gasteiger partial charge in [-0.2, -0.15) is 0 Å². The highest BCUT2D eigenvalue weighted by Crippen LogP contribution is 2.70. The molecule has 1 saturated heterocycles. The number of rotatable bonds is 5. The Bertz CT molecular complexity index is 1080. The molecule has 230 valence electrons. The van der Waals surface area contributed by atoms with Crippen LogP contribution in [0.1, 0.15) is 85.5 Å². The molecule has 0 aromatic carbocycles. The summed E-state index contributed by atoms with van der Waals surface area (Å²) in [5, 5.41) is 23.5.